The Balaban J connectivity index is 2.17. The highest BCUT2D eigenvalue weighted by atomic mass is 79.9. The predicted octanol–water partition coefficient (Wildman–Crippen LogP) is 4.55. The summed E-state index contributed by atoms with van der Waals surface area (Å²) in [6.45, 7) is 1.49. The van der Waals surface area contributed by atoms with E-state index in [1.54, 1.807) is 13.1 Å². The molecule has 1 fully saturated rings. The molecule has 0 aromatic heterocycles. The molecule has 1 unspecified atom stereocenters. The Hall–Kier alpha value is -0.590. The fourth-order valence-corrected chi connectivity index (χ4v) is 3.18. The van der Waals surface area contributed by atoms with Crippen molar-refractivity contribution in [2.24, 2.45) is 5.92 Å². The highest BCUT2D eigenvalue weighted by Crippen LogP contribution is 2.37. The highest BCUT2D eigenvalue weighted by Gasteiger charge is 2.33. The van der Waals surface area contributed by atoms with Gasteiger partial charge in [-0.1, -0.05) is 22.0 Å². The molecule has 6 heteroatoms. The van der Waals surface area contributed by atoms with Gasteiger partial charge in [-0.2, -0.15) is 13.2 Å². The van der Waals surface area contributed by atoms with Crippen molar-refractivity contribution < 1.29 is 17.9 Å². The van der Waals surface area contributed by atoms with Crippen molar-refractivity contribution in [2.75, 3.05) is 20.3 Å². The van der Waals surface area contributed by atoms with Gasteiger partial charge in [0.25, 0.3) is 0 Å². The largest absolute Gasteiger partial charge is 0.417 e. The summed E-state index contributed by atoms with van der Waals surface area (Å²) >= 11 is 2.98. The maximum Gasteiger partial charge on any atom is 0.417 e. The summed E-state index contributed by atoms with van der Waals surface area (Å²) in [6, 6.07) is 4.40. The van der Waals surface area contributed by atoms with Gasteiger partial charge in [-0.3, -0.25) is 0 Å². The van der Waals surface area contributed by atoms with E-state index in [4.69, 9.17) is 4.74 Å². The van der Waals surface area contributed by atoms with Crippen LogP contribution in [0.15, 0.2) is 22.7 Å². The first kappa shape index (κ1) is 16.8. The van der Waals surface area contributed by atoms with E-state index in [9.17, 15) is 13.2 Å². The first-order valence-corrected chi connectivity index (χ1v) is 7.82. The molecule has 1 aliphatic rings. The summed E-state index contributed by atoms with van der Waals surface area (Å²) in [6.07, 6.45) is -1.56. The minimum atomic E-state index is -4.34. The molecule has 1 N–H and O–H groups in total. The van der Waals surface area contributed by atoms with Crippen molar-refractivity contribution in [3.63, 3.8) is 0 Å². The van der Waals surface area contributed by atoms with Crippen LogP contribution in [0.25, 0.3) is 0 Å². The topological polar surface area (TPSA) is 21.3 Å². The Morgan fingerprint density at radius 3 is 2.57 bits per heavy atom. The minimum Gasteiger partial charge on any atom is -0.381 e. The summed E-state index contributed by atoms with van der Waals surface area (Å²) in [5.41, 5.74) is 0.0618. The van der Waals surface area contributed by atoms with Crippen LogP contribution in [0.4, 0.5) is 13.2 Å². The Morgan fingerprint density at radius 1 is 1.33 bits per heavy atom. The van der Waals surface area contributed by atoms with E-state index < -0.39 is 11.7 Å². The van der Waals surface area contributed by atoms with Gasteiger partial charge in [0.05, 0.1) is 5.56 Å². The van der Waals surface area contributed by atoms with Crippen molar-refractivity contribution in [3.8, 4) is 0 Å². The first-order valence-electron chi connectivity index (χ1n) is 7.03. The summed E-state index contributed by atoms with van der Waals surface area (Å²) in [7, 11) is 1.79. The molecule has 1 aromatic rings. The van der Waals surface area contributed by atoms with Gasteiger partial charge < -0.3 is 10.1 Å². The van der Waals surface area contributed by atoms with Crippen LogP contribution in [0.1, 0.15) is 36.4 Å². The van der Waals surface area contributed by atoms with Gasteiger partial charge in [0, 0.05) is 23.7 Å². The molecule has 2 nitrogen and oxygen atoms in total. The number of hydrogen-bond acceptors (Lipinski definition) is 2. The van der Waals surface area contributed by atoms with E-state index in [2.05, 4.69) is 21.2 Å². The fraction of sp³-hybridized carbons (Fsp3) is 0.600. The molecule has 1 aliphatic heterocycles. The molecule has 118 valence electrons. The lowest BCUT2D eigenvalue weighted by Crippen LogP contribution is -2.24. The Bertz CT molecular complexity index is 472. The summed E-state index contributed by atoms with van der Waals surface area (Å²) < 4.78 is 44.4. The average Bonchev–Trinajstić information content (AvgIpc) is 2.45. The van der Waals surface area contributed by atoms with E-state index in [1.165, 1.54) is 12.1 Å². The third-order valence-electron chi connectivity index (χ3n) is 3.96. The molecular formula is C15H19BrF3NO. The van der Waals surface area contributed by atoms with Crippen molar-refractivity contribution in [1.82, 2.24) is 5.32 Å². The van der Waals surface area contributed by atoms with Crippen LogP contribution in [0, 0.1) is 5.92 Å². The van der Waals surface area contributed by atoms with Gasteiger partial charge in [-0.15, -0.1) is 0 Å². The zero-order valence-electron chi connectivity index (χ0n) is 11.8. The van der Waals surface area contributed by atoms with Crippen molar-refractivity contribution in [3.05, 3.63) is 33.8 Å². The quantitative estimate of drug-likeness (QED) is 0.845. The third kappa shape index (κ3) is 4.44. The fourth-order valence-electron chi connectivity index (χ4n) is 2.71. The lowest BCUT2D eigenvalue weighted by atomic mass is 9.89. The van der Waals surface area contributed by atoms with Crippen LogP contribution in [0.3, 0.4) is 0 Å². The van der Waals surface area contributed by atoms with E-state index in [0.717, 1.165) is 32.5 Å². The molecule has 0 bridgehead atoms. The summed E-state index contributed by atoms with van der Waals surface area (Å²) in [5.74, 6) is 0.495. The van der Waals surface area contributed by atoms with Crippen LogP contribution in [-0.2, 0) is 10.9 Å². The van der Waals surface area contributed by atoms with Crippen LogP contribution >= 0.6 is 15.9 Å². The number of rotatable bonds is 4. The van der Waals surface area contributed by atoms with Gasteiger partial charge in [0.2, 0.25) is 0 Å². The Labute approximate surface area is 131 Å². The zero-order valence-corrected chi connectivity index (χ0v) is 13.4. The molecule has 1 saturated heterocycles. The molecule has 0 amide bonds. The number of benzene rings is 1. The first-order chi connectivity index (χ1) is 9.91. The van der Waals surface area contributed by atoms with Gasteiger partial charge in [-0.25, -0.2) is 0 Å². The minimum absolute atomic E-state index is 0.0673. The average molecular weight is 366 g/mol. The van der Waals surface area contributed by atoms with E-state index >= 15 is 0 Å². The van der Waals surface area contributed by atoms with Crippen LogP contribution < -0.4 is 5.32 Å². The van der Waals surface area contributed by atoms with Crippen LogP contribution in [0.5, 0.6) is 0 Å². The lowest BCUT2D eigenvalue weighted by Gasteiger charge is -2.27. The molecule has 0 spiro atoms. The summed E-state index contributed by atoms with van der Waals surface area (Å²) in [5, 5.41) is 3.14. The predicted molar refractivity (Wildman–Crippen MR) is 79.1 cm³/mol. The van der Waals surface area contributed by atoms with Crippen molar-refractivity contribution in [1.29, 1.82) is 0 Å². The molecule has 2 rings (SSSR count). The lowest BCUT2D eigenvalue weighted by molar-refractivity contribution is -0.138. The second kappa shape index (κ2) is 7.11. The monoisotopic (exact) mass is 365 g/mol. The molecule has 0 aliphatic carbocycles. The molecule has 1 atom stereocenters. The van der Waals surface area contributed by atoms with E-state index in [0.29, 0.717) is 11.5 Å². The Kier molecular flexibility index (Phi) is 5.68. The number of halogens is 4. The number of nitrogens with one attached hydrogen (secondary N) is 1. The summed E-state index contributed by atoms with van der Waals surface area (Å²) in [4.78, 5) is 0. The van der Waals surface area contributed by atoms with Crippen LogP contribution in [0.2, 0.25) is 0 Å². The maximum atomic E-state index is 13.0. The van der Waals surface area contributed by atoms with Crippen molar-refractivity contribution in [2.45, 2.75) is 31.5 Å². The van der Waals surface area contributed by atoms with Crippen LogP contribution in [-0.4, -0.2) is 20.3 Å². The van der Waals surface area contributed by atoms with E-state index in [-0.39, 0.29) is 10.5 Å². The number of hydrogen-bond donors (Lipinski definition) is 1. The van der Waals surface area contributed by atoms with Gasteiger partial charge >= 0.3 is 6.18 Å². The SMILES string of the molecule is CNC(CC1CCOCC1)c1ccc(Br)c(C(F)(F)F)c1. The molecule has 0 radical (unpaired) electrons. The zero-order chi connectivity index (χ0) is 15.5. The second-order valence-electron chi connectivity index (χ2n) is 5.37. The number of ether oxygens (including phenoxy) is 1. The standard InChI is InChI=1S/C15H19BrF3NO/c1-20-14(8-10-4-6-21-7-5-10)11-2-3-13(16)12(9-11)15(17,18)19/h2-3,9-10,14,20H,4-8H2,1H3. The molecule has 1 aromatic carbocycles. The van der Waals surface area contributed by atoms with Gasteiger partial charge in [-0.05, 0) is 49.9 Å². The van der Waals surface area contributed by atoms with E-state index in [1.807, 2.05) is 0 Å². The third-order valence-corrected chi connectivity index (χ3v) is 4.65. The highest BCUT2D eigenvalue weighted by molar-refractivity contribution is 9.10. The second-order valence-corrected chi connectivity index (χ2v) is 6.22. The molecule has 1 heterocycles. The normalized spacial score (nSPS) is 18.7. The number of alkyl halides is 3. The van der Waals surface area contributed by atoms with Gasteiger partial charge in [0.15, 0.2) is 0 Å². The molecule has 21 heavy (non-hydrogen) atoms. The van der Waals surface area contributed by atoms with Gasteiger partial charge in [0.1, 0.15) is 0 Å². The smallest absolute Gasteiger partial charge is 0.381 e. The molecular weight excluding hydrogens is 347 g/mol. The maximum absolute atomic E-state index is 13.0. The Morgan fingerprint density at radius 2 is 2.00 bits per heavy atom. The van der Waals surface area contributed by atoms with Crippen molar-refractivity contribution >= 4 is 15.9 Å². The molecule has 0 saturated carbocycles.